The van der Waals surface area contributed by atoms with Crippen molar-refractivity contribution in [1.29, 1.82) is 0 Å². The Morgan fingerprint density at radius 1 is 1.33 bits per heavy atom. The van der Waals surface area contributed by atoms with Crippen LogP contribution in [0.4, 0.5) is 9.18 Å². The van der Waals surface area contributed by atoms with Gasteiger partial charge in [-0.1, -0.05) is 0 Å². The van der Waals surface area contributed by atoms with Crippen LogP contribution in [0.1, 0.15) is 31.9 Å². The van der Waals surface area contributed by atoms with Gasteiger partial charge in [0.2, 0.25) is 5.91 Å². The standard InChI is InChI=1S/C19H25FN2O5/c1-19(2,3)27-18(25)22-16(17(24)21-4)10-26-13-7-12-5-11(9-23)6-14(12)15(20)8-13/h7-9,11,16H,5-6,10H2,1-4H3,(H,21,24)(H,22,25). The van der Waals surface area contributed by atoms with E-state index in [0.29, 0.717) is 18.4 Å². The van der Waals surface area contributed by atoms with E-state index in [1.165, 1.54) is 13.1 Å². The number of aldehydes is 1. The minimum absolute atomic E-state index is 0.200. The van der Waals surface area contributed by atoms with E-state index in [1.807, 2.05) is 0 Å². The van der Waals surface area contributed by atoms with Gasteiger partial charge < -0.3 is 24.9 Å². The quantitative estimate of drug-likeness (QED) is 0.734. The Balaban J connectivity index is 2.05. The molecule has 8 heteroatoms. The van der Waals surface area contributed by atoms with E-state index in [-0.39, 0.29) is 18.3 Å². The Morgan fingerprint density at radius 2 is 2.04 bits per heavy atom. The van der Waals surface area contributed by atoms with Crippen molar-refractivity contribution in [2.24, 2.45) is 5.92 Å². The lowest BCUT2D eigenvalue weighted by Gasteiger charge is -2.23. The van der Waals surface area contributed by atoms with Crippen molar-refractivity contribution in [1.82, 2.24) is 10.6 Å². The zero-order chi connectivity index (χ0) is 20.2. The second-order valence-corrected chi connectivity index (χ2v) is 7.47. The van der Waals surface area contributed by atoms with Crippen molar-refractivity contribution in [3.8, 4) is 5.75 Å². The van der Waals surface area contributed by atoms with Crippen LogP contribution in [0, 0.1) is 11.7 Å². The molecule has 2 unspecified atom stereocenters. The first-order chi connectivity index (χ1) is 12.6. The molecule has 0 radical (unpaired) electrons. The third-order valence-electron chi connectivity index (χ3n) is 4.07. The van der Waals surface area contributed by atoms with E-state index in [4.69, 9.17) is 9.47 Å². The zero-order valence-electron chi connectivity index (χ0n) is 15.9. The third-order valence-corrected chi connectivity index (χ3v) is 4.07. The van der Waals surface area contributed by atoms with E-state index < -0.39 is 29.5 Å². The molecule has 0 aliphatic heterocycles. The monoisotopic (exact) mass is 380 g/mol. The number of amides is 2. The van der Waals surface area contributed by atoms with Crippen molar-refractivity contribution in [3.05, 3.63) is 29.1 Å². The highest BCUT2D eigenvalue weighted by Gasteiger charge is 2.27. The summed E-state index contributed by atoms with van der Waals surface area (Å²) in [7, 11) is 1.43. The molecule has 0 spiro atoms. The van der Waals surface area contributed by atoms with Crippen molar-refractivity contribution in [2.75, 3.05) is 13.7 Å². The first-order valence-electron chi connectivity index (χ1n) is 8.73. The molecule has 148 valence electrons. The maximum Gasteiger partial charge on any atom is 0.408 e. The van der Waals surface area contributed by atoms with Gasteiger partial charge in [0.25, 0.3) is 0 Å². The minimum Gasteiger partial charge on any atom is -0.491 e. The van der Waals surface area contributed by atoms with Crippen LogP contribution in [-0.2, 0) is 27.2 Å². The number of likely N-dealkylation sites (N-methyl/N-ethyl adjacent to an activating group) is 1. The van der Waals surface area contributed by atoms with Crippen LogP contribution in [0.15, 0.2) is 12.1 Å². The fourth-order valence-corrected chi connectivity index (χ4v) is 2.86. The van der Waals surface area contributed by atoms with Gasteiger partial charge in [0.1, 0.15) is 36.1 Å². The van der Waals surface area contributed by atoms with Gasteiger partial charge in [-0.15, -0.1) is 0 Å². The number of benzene rings is 1. The van der Waals surface area contributed by atoms with Gasteiger partial charge in [-0.25, -0.2) is 9.18 Å². The van der Waals surface area contributed by atoms with Gasteiger partial charge >= 0.3 is 6.09 Å². The minimum atomic E-state index is -1.01. The highest BCUT2D eigenvalue weighted by Crippen LogP contribution is 2.31. The van der Waals surface area contributed by atoms with Crippen molar-refractivity contribution in [3.63, 3.8) is 0 Å². The van der Waals surface area contributed by atoms with Crippen molar-refractivity contribution >= 4 is 18.3 Å². The summed E-state index contributed by atoms with van der Waals surface area (Å²) in [5, 5.41) is 4.87. The fraction of sp³-hybridized carbons (Fsp3) is 0.526. The molecule has 0 saturated carbocycles. The summed E-state index contributed by atoms with van der Waals surface area (Å²) >= 11 is 0. The fourth-order valence-electron chi connectivity index (χ4n) is 2.86. The summed E-state index contributed by atoms with van der Waals surface area (Å²) in [6, 6.07) is 1.88. The van der Waals surface area contributed by atoms with E-state index >= 15 is 0 Å². The lowest BCUT2D eigenvalue weighted by molar-refractivity contribution is -0.123. The summed E-state index contributed by atoms with van der Waals surface area (Å²) in [6.07, 6.45) is 0.911. The molecule has 0 heterocycles. The number of fused-ring (bicyclic) bond motifs is 1. The largest absolute Gasteiger partial charge is 0.491 e. The Bertz CT molecular complexity index is 730. The number of carbonyl (C=O) groups excluding carboxylic acids is 3. The molecule has 0 aromatic heterocycles. The molecule has 1 aromatic rings. The molecule has 0 saturated heterocycles. The van der Waals surface area contributed by atoms with Gasteiger partial charge in [0, 0.05) is 19.0 Å². The lowest BCUT2D eigenvalue weighted by atomic mass is 10.1. The maximum atomic E-state index is 14.2. The van der Waals surface area contributed by atoms with E-state index in [9.17, 15) is 18.8 Å². The molecule has 2 rings (SSSR count). The predicted molar refractivity (Wildman–Crippen MR) is 96.1 cm³/mol. The molecule has 0 bridgehead atoms. The van der Waals surface area contributed by atoms with Crippen LogP contribution in [0.5, 0.6) is 5.75 Å². The number of hydrogen-bond donors (Lipinski definition) is 2. The van der Waals surface area contributed by atoms with Gasteiger partial charge in [-0.2, -0.15) is 0 Å². The molecule has 27 heavy (non-hydrogen) atoms. The van der Waals surface area contributed by atoms with Crippen LogP contribution in [0.2, 0.25) is 0 Å². The summed E-state index contributed by atoms with van der Waals surface area (Å²) in [5.41, 5.74) is 0.532. The normalized spacial score (nSPS) is 16.9. The molecular formula is C19H25FN2O5. The van der Waals surface area contributed by atoms with Crippen molar-refractivity contribution < 1.29 is 28.2 Å². The predicted octanol–water partition coefficient (Wildman–Crippen LogP) is 1.76. The van der Waals surface area contributed by atoms with E-state index in [1.54, 1.807) is 26.8 Å². The van der Waals surface area contributed by atoms with Crippen LogP contribution < -0.4 is 15.4 Å². The molecule has 2 amide bonds. The molecule has 1 aromatic carbocycles. The molecular weight excluding hydrogens is 355 g/mol. The summed E-state index contributed by atoms with van der Waals surface area (Å²) in [6.45, 7) is 4.92. The lowest BCUT2D eigenvalue weighted by Crippen LogP contribution is -2.50. The molecule has 2 atom stereocenters. The first kappa shape index (κ1) is 20.7. The van der Waals surface area contributed by atoms with Crippen LogP contribution in [0.3, 0.4) is 0 Å². The van der Waals surface area contributed by atoms with E-state index in [2.05, 4.69) is 10.6 Å². The topological polar surface area (TPSA) is 93.7 Å². The second-order valence-electron chi connectivity index (χ2n) is 7.47. The number of alkyl carbamates (subject to hydrolysis) is 1. The van der Waals surface area contributed by atoms with Crippen LogP contribution in [-0.4, -0.2) is 43.6 Å². The number of rotatable bonds is 6. The smallest absolute Gasteiger partial charge is 0.408 e. The number of nitrogens with one attached hydrogen (secondary N) is 2. The Labute approximate surface area is 157 Å². The number of carbonyl (C=O) groups is 3. The summed E-state index contributed by atoms with van der Waals surface area (Å²) in [4.78, 5) is 34.9. The average Bonchev–Trinajstić information content (AvgIpc) is 3.00. The molecule has 2 N–H and O–H groups in total. The highest BCUT2D eigenvalue weighted by molar-refractivity contribution is 5.85. The molecule has 1 aliphatic rings. The maximum absolute atomic E-state index is 14.2. The average molecular weight is 380 g/mol. The number of hydrogen-bond acceptors (Lipinski definition) is 5. The number of ether oxygens (including phenoxy) is 2. The Hall–Kier alpha value is -2.64. The summed E-state index contributed by atoms with van der Waals surface area (Å²) in [5.74, 6) is -0.901. The zero-order valence-corrected chi connectivity index (χ0v) is 15.9. The first-order valence-corrected chi connectivity index (χ1v) is 8.73. The molecule has 0 fully saturated rings. The second kappa shape index (κ2) is 8.37. The molecule has 7 nitrogen and oxygen atoms in total. The number of halogens is 1. The van der Waals surface area contributed by atoms with Gasteiger partial charge in [-0.05, 0) is 50.8 Å². The van der Waals surface area contributed by atoms with Crippen LogP contribution >= 0.6 is 0 Å². The highest BCUT2D eigenvalue weighted by atomic mass is 19.1. The summed E-state index contributed by atoms with van der Waals surface area (Å²) < 4.78 is 24.9. The SMILES string of the molecule is CNC(=O)C(COc1cc(F)c2c(c1)CC(C=O)C2)NC(=O)OC(C)(C)C. The van der Waals surface area contributed by atoms with Gasteiger partial charge in [0.15, 0.2) is 0 Å². The molecule has 1 aliphatic carbocycles. The van der Waals surface area contributed by atoms with Gasteiger partial charge in [-0.3, -0.25) is 4.79 Å². The van der Waals surface area contributed by atoms with Crippen LogP contribution in [0.25, 0.3) is 0 Å². The Kier molecular flexibility index (Phi) is 6.41. The Morgan fingerprint density at radius 3 is 2.63 bits per heavy atom. The van der Waals surface area contributed by atoms with Gasteiger partial charge in [0.05, 0.1) is 0 Å². The van der Waals surface area contributed by atoms with Crippen molar-refractivity contribution in [2.45, 2.75) is 45.3 Å². The third kappa shape index (κ3) is 5.67. The van der Waals surface area contributed by atoms with E-state index in [0.717, 1.165) is 11.8 Å².